The first-order valence-corrected chi connectivity index (χ1v) is 9.44. The summed E-state index contributed by atoms with van der Waals surface area (Å²) in [5.74, 6) is 0.0764. The molecule has 0 aromatic carbocycles. The van der Waals surface area contributed by atoms with E-state index in [1.165, 1.54) is 11.3 Å². The zero-order valence-electron chi connectivity index (χ0n) is 14.8. The number of nitrogens with one attached hydrogen (secondary N) is 1. The van der Waals surface area contributed by atoms with E-state index in [9.17, 15) is 9.59 Å². The second-order valence-electron chi connectivity index (χ2n) is 6.45. The van der Waals surface area contributed by atoms with Crippen LogP contribution in [0.2, 0.25) is 0 Å². The van der Waals surface area contributed by atoms with Crippen LogP contribution >= 0.6 is 36.2 Å². The Hall–Kier alpha value is -0.930. The normalized spacial score (nSPS) is 18.5. The number of hydrogen-bond donors (Lipinski definition) is 2. The highest BCUT2D eigenvalue weighted by molar-refractivity contribution is 7.09. The van der Waals surface area contributed by atoms with Gasteiger partial charge in [-0.05, 0) is 26.3 Å². The molecule has 3 rings (SSSR count). The van der Waals surface area contributed by atoms with Gasteiger partial charge in [0.15, 0.2) is 0 Å². The maximum Gasteiger partial charge on any atom is 0.273 e. The molecule has 10 heteroatoms. The molecule has 2 amide bonds. The molecule has 1 aliphatic heterocycles. The van der Waals surface area contributed by atoms with Crippen LogP contribution in [0, 0.1) is 0 Å². The quantitative estimate of drug-likeness (QED) is 0.709. The standard InChI is InChI=1S/C16H25N5O2S.2ClH/c1-11(15(22)18-12-2-3-12)20-6-8-21(9-7-20)16(23)13-10-24-14(19-13)4-5-17;;/h10-12H,2-9,17H2,1H3,(H,18,22);2*1H. The highest BCUT2D eigenvalue weighted by atomic mass is 35.5. The van der Waals surface area contributed by atoms with E-state index in [0.29, 0.717) is 50.9 Å². The summed E-state index contributed by atoms with van der Waals surface area (Å²) in [5, 5.41) is 5.76. The molecule has 0 bridgehead atoms. The first kappa shape index (κ1) is 23.1. The molecule has 2 aliphatic rings. The van der Waals surface area contributed by atoms with E-state index in [4.69, 9.17) is 5.73 Å². The predicted octanol–water partition coefficient (Wildman–Crippen LogP) is 0.913. The molecule has 2 heterocycles. The van der Waals surface area contributed by atoms with Crippen LogP contribution in [-0.4, -0.2) is 71.4 Å². The third-order valence-electron chi connectivity index (χ3n) is 4.58. The van der Waals surface area contributed by atoms with Gasteiger partial charge < -0.3 is 16.0 Å². The molecule has 2 fully saturated rings. The van der Waals surface area contributed by atoms with Crippen molar-refractivity contribution in [1.82, 2.24) is 20.1 Å². The van der Waals surface area contributed by atoms with Crippen molar-refractivity contribution in [1.29, 1.82) is 0 Å². The summed E-state index contributed by atoms with van der Waals surface area (Å²) in [6.45, 7) is 5.16. The summed E-state index contributed by atoms with van der Waals surface area (Å²) in [5.41, 5.74) is 6.03. The van der Waals surface area contributed by atoms with Gasteiger partial charge in [0.25, 0.3) is 5.91 Å². The second-order valence-corrected chi connectivity index (χ2v) is 7.39. The minimum atomic E-state index is -0.140. The van der Waals surface area contributed by atoms with E-state index in [2.05, 4.69) is 15.2 Å². The number of thiazole rings is 1. The second kappa shape index (κ2) is 10.4. The number of nitrogens with two attached hydrogens (primary N) is 1. The number of amides is 2. The molecule has 1 aromatic rings. The van der Waals surface area contributed by atoms with Crippen LogP contribution < -0.4 is 11.1 Å². The smallest absolute Gasteiger partial charge is 0.273 e. The van der Waals surface area contributed by atoms with E-state index in [0.717, 1.165) is 17.8 Å². The summed E-state index contributed by atoms with van der Waals surface area (Å²) in [4.78, 5) is 33.0. The Kier molecular flexibility index (Phi) is 9.26. The van der Waals surface area contributed by atoms with Crippen LogP contribution in [0.3, 0.4) is 0 Å². The van der Waals surface area contributed by atoms with Crippen LogP contribution in [0.15, 0.2) is 5.38 Å². The van der Waals surface area contributed by atoms with Crippen LogP contribution in [0.1, 0.15) is 35.3 Å². The van der Waals surface area contributed by atoms with E-state index in [-0.39, 0.29) is 42.7 Å². The fourth-order valence-corrected chi connectivity index (χ4v) is 3.62. The van der Waals surface area contributed by atoms with Gasteiger partial charge in [-0.15, -0.1) is 36.2 Å². The SMILES string of the molecule is CC(C(=O)NC1CC1)N1CCN(C(=O)c2csc(CCN)n2)CC1.Cl.Cl. The van der Waals surface area contributed by atoms with Crippen LogP contribution in [-0.2, 0) is 11.2 Å². The molecule has 1 unspecified atom stereocenters. The van der Waals surface area contributed by atoms with E-state index >= 15 is 0 Å². The van der Waals surface area contributed by atoms with Gasteiger partial charge in [-0.25, -0.2) is 4.98 Å². The van der Waals surface area contributed by atoms with E-state index in [1.807, 2.05) is 17.2 Å². The lowest BCUT2D eigenvalue weighted by Crippen LogP contribution is -2.55. The average Bonchev–Trinajstić information content (AvgIpc) is 3.29. The molecule has 3 N–H and O–H groups in total. The first-order valence-electron chi connectivity index (χ1n) is 8.56. The third-order valence-corrected chi connectivity index (χ3v) is 5.49. The summed E-state index contributed by atoms with van der Waals surface area (Å²) in [7, 11) is 0. The highest BCUT2D eigenvalue weighted by Crippen LogP contribution is 2.19. The fraction of sp³-hybridized carbons (Fsp3) is 0.688. The van der Waals surface area contributed by atoms with Gasteiger partial charge in [0, 0.05) is 44.0 Å². The molecule has 148 valence electrons. The van der Waals surface area contributed by atoms with Crippen molar-refractivity contribution in [2.75, 3.05) is 32.7 Å². The molecule has 1 saturated carbocycles. The molecule has 1 atom stereocenters. The number of nitrogens with zero attached hydrogens (tertiary/aromatic N) is 3. The van der Waals surface area contributed by atoms with Gasteiger partial charge in [-0.1, -0.05) is 0 Å². The maximum absolute atomic E-state index is 12.5. The Balaban J connectivity index is 0.00000169. The summed E-state index contributed by atoms with van der Waals surface area (Å²) >= 11 is 1.49. The number of carbonyl (C=O) groups excluding carboxylic acids is 2. The van der Waals surface area contributed by atoms with Crippen LogP contribution in [0.5, 0.6) is 0 Å². The third kappa shape index (κ3) is 5.79. The molecular weight excluding hydrogens is 397 g/mol. The monoisotopic (exact) mass is 423 g/mol. The van der Waals surface area contributed by atoms with Crippen molar-refractivity contribution in [3.63, 3.8) is 0 Å². The minimum Gasteiger partial charge on any atom is -0.352 e. The van der Waals surface area contributed by atoms with Crippen molar-refractivity contribution < 1.29 is 9.59 Å². The maximum atomic E-state index is 12.5. The van der Waals surface area contributed by atoms with Gasteiger partial charge in [0.05, 0.1) is 11.0 Å². The zero-order chi connectivity index (χ0) is 17.1. The van der Waals surface area contributed by atoms with E-state index < -0.39 is 0 Å². The fourth-order valence-electron chi connectivity index (χ4n) is 2.84. The first-order chi connectivity index (χ1) is 11.6. The molecule has 0 radical (unpaired) electrons. The Labute approximate surface area is 170 Å². The van der Waals surface area contributed by atoms with Crippen molar-refractivity contribution in [3.05, 3.63) is 16.1 Å². The van der Waals surface area contributed by atoms with Crippen molar-refractivity contribution in [2.24, 2.45) is 5.73 Å². The number of aromatic nitrogens is 1. The van der Waals surface area contributed by atoms with Gasteiger partial charge in [-0.3, -0.25) is 14.5 Å². The summed E-state index contributed by atoms with van der Waals surface area (Å²) in [6, 6.07) is 0.244. The van der Waals surface area contributed by atoms with Gasteiger partial charge in [0.1, 0.15) is 5.69 Å². The number of piperazine rings is 1. The number of carbonyl (C=O) groups is 2. The lowest BCUT2D eigenvalue weighted by molar-refractivity contribution is -0.126. The van der Waals surface area contributed by atoms with Crippen LogP contribution in [0.25, 0.3) is 0 Å². The molecule has 7 nitrogen and oxygen atoms in total. The topological polar surface area (TPSA) is 91.6 Å². The Morgan fingerprint density at radius 3 is 2.54 bits per heavy atom. The highest BCUT2D eigenvalue weighted by Gasteiger charge is 2.31. The van der Waals surface area contributed by atoms with Crippen molar-refractivity contribution in [3.8, 4) is 0 Å². The number of hydrogen-bond acceptors (Lipinski definition) is 6. The van der Waals surface area contributed by atoms with Crippen molar-refractivity contribution in [2.45, 2.75) is 38.3 Å². The van der Waals surface area contributed by atoms with E-state index in [1.54, 1.807) is 0 Å². The Bertz CT molecular complexity index is 603. The lowest BCUT2D eigenvalue weighted by Gasteiger charge is -2.37. The number of rotatable bonds is 6. The lowest BCUT2D eigenvalue weighted by atomic mass is 10.2. The minimum absolute atomic E-state index is 0. The molecule has 1 aromatic heterocycles. The van der Waals surface area contributed by atoms with Gasteiger partial charge in [0.2, 0.25) is 5.91 Å². The summed E-state index contributed by atoms with van der Waals surface area (Å²) < 4.78 is 0. The van der Waals surface area contributed by atoms with Gasteiger partial charge >= 0.3 is 0 Å². The summed E-state index contributed by atoms with van der Waals surface area (Å²) in [6.07, 6.45) is 2.90. The average molecular weight is 424 g/mol. The van der Waals surface area contributed by atoms with Gasteiger partial charge in [-0.2, -0.15) is 0 Å². The van der Waals surface area contributed by atoms with Crippen LogP contribution in [0.4, 0.5) is 0 Å². The molecule has 26 heavy (non-hydrogen) atoms. The molecule has 1 saturated heterocycles. The largest absolute Gasteiger partial charge is 0.352 e. The molecule has 0 spiro atoms. The molecular formula is C16H27Cl2N5O2S. The number of halogens is 2. The predicted molar refractivity (Wildman–Crippen MR) is 107 cm³/mol. The van der Waals surface area contributed by atoms with Crippen molar-refractivity contribution >= 4 is 48.0 Å². The zero-order valence-corrected chi connectivity index (χ0v) is 17.3. The molecule has 1 aliphatic carbocycles. The Morgan fingerprint density at radius 1 is 1.31 bits per heavy atom. The Morgan fingerprint density at radius 2 is 1.96 bits per heavy atom.